The van der Waals surface area contributed by atoms with Gasteiger partial charge in [-0.05, 0) is 71.6 Å². The van der Waals surface area contributed by atoms with Gasteiger partial charge < -0.3 is 14.9 Å². The first kappa shape index (κ1) is 26.8. The van der Waals surface area contributed by atoms with Crippen LogP contribution in [-0.4, -0.2) is 32.9 Å². The first-order valence-corrected chi connectivity index (χ1v) is 12.5. The molecule has 8 heteroatoms. The first-order chi connectivity index (χ1) is 16.4. The molecule has 0 bridgehead atoms. The van der Waals surface area contributed by atoms with Crippen LogP contribution in [0.3, 0.4) is 0 Å². The molecule has 0 saturated heterocycles. The van der Waals surface area contributed by atoms with Gasteiger partial charge in [-0.25, -0.2) is 0 Å². The molecule has 0 saturated carbocycles. The van der Waals surface area contributed by atoms with Crippen molar-refractivity contribution < 1.29 is 18.0 Å². The fraction of sp³-hybridized carbons (Fsp3) is 0.556. The Bertz CT molecular complexity index is 1230. The van der Waals surface area contributed by atoms with Gasteiger partial charge in [0.15, 0.2) is 0 Å². The second-order valence-corrected chi connectivity index (χ2v) is 9.94. The quantitative estimate of drug-likeness (QED) is 0.304. The molecule has 0 atom stereocenters. The Morgan fingerprint density at radius 1 is 0.914 bits per heavy atom. The third-order valence-corrected chi connectivity index (χ3v) is 6.61. The number of carbonyl (C=O) groups excluding carboxylic acids is 1. The number of amides is 1. The molecule has 1 aromatic carbocycles. The molecule has 2 heterocycles. The van der Waals surface area contributed by atoms with E-state index in [0.29, 0.717) is 29.8 Å². The summed E-state index contributed by atoms with van der Waals surface area (Å²) in [6.07, 6.45) is 1.11. The zero-order valence-corrected chi connectivity index (χ0v) is 21.2. The molecule has 3 aromatic rings. The maximum atomic E-state index is 13.8. The Morgan fingerprint density at radius 3 is 2.09 bits per heavy atom. The van der Waals surface area contributed by atoms with Gasteiger partial charge in [0, 0.05) is 52.1 Å². The van der Waals surface area contributed by atoms with E-state index in [9.17, 15) is 22.8 Å². The van der Waals surface area contributed by atoms with Gasteiger partial charge in [0.1, 0.15) is 0 Å². The van der Waals surface area contributed by atoms with Crippen LogP contribution in [-0.2, 0) is 17.4 Å². The Kier molecular flexibility index (Phi) is 8.34. The molecule has 1 amide bonds. The predicted molar refractivity (Wildman–Crippen MR) is 135 cm³/mol. The highest BCUT2D eigenvalue weighted by Crippen LogP contribution is 2.39. The molecule has 0 spiro atoms. The molecule has 5 nitrogen and oxygen atoms in total. The summed E-state index contributed by atoms with van der Waals surface area (Å²) in [7, 11) is 0. The average Bonchev–Trinajstić information content (AvgIpc) is 3.06. The van der Waals surface area contributed by atoms with Gasteiger partial charge in [0.05, 0.1) is 5.56 Å². The van der Waals surface area contributed by atoms with Crippen molar-refractivity contribution in [2.45, 2.75) is 97.8 Å². The molecule has 35 heavy (non-hydrogen) atoms. The number of pyridine rings is 1. The van der Waals surface area contributed by atoms with Crippen LogP contribution in [0, 0.1) is 6.92 Å². The second-order valence-electron chi connectivity index (χ2n) is 9.94. The SMILES string of the molecule is Cc1[nH]c2ccc3[nH]c(=O)cc(C(F)(F)F)c3c2c1CCCCCCCC(=O)N(C(C)C)C(C)C. The maximum absolute atomic E-state index is 13.8. The first-order valence-electron chi connectivity index (χ1n) is 12.5. The van der Waals surface area contributed by atoms with Crippen molar-refractivity contribution in [3.63, 3.8) is 0 Å². The minimum Gasteiger partial charge on any atom is -0.358 e. The van der Waals surface area contributed by atoms with Gasteiger partial charge in [-0.3, -0.25) is 9.59 Å². The Labute approximate surface area is 204 Å². The number of hydrogen-bond donors (Lipinski definition) is 2. The van der Waals surface area contributed by atoms with Crippen LogP contribution >= 0.6 is 0 Å². The van der Waals surface area contributed by atoms with E-state index in [2.05, 4.69) is 9.97 Å². The predicted octanol–water partition coefficient (Wildman–Crippen LogP) is 6.87. The third-order valence-electron chi connectivity index (χ3n) is 6.61. The highest BCUT2D eigenvalue weighted by Gasteiger charge is 2.34. The van der Waals surface area contributed by atoms with Gasteiger partial charge in [0.2, 0.25) is 11.5 Å². The van der Waals surface area contributed by atoms with E-state index in [0.717, 1.165) is 43.4 Å². The number of alkyl halides is 3. The van der Waals surface area contributed by atoms with Crippen molar-refractivity contribution in [2.75, 3.05) is 0 Å². The molecular weight excluding hydrogens is 455 g/mol. The summed E-state index contributed by atoms with van der Waals surface area (Å²) >= 11 is 0. The summed E-state index contributed by atoms with van der Waals surface area (Å²) in [5, 5.41) is 0.587. The Balaban J connectivity index is 1.67. The molecule has 0 aliphatic heterocycles. The van der Waals surface area contributed by atoms with Crippen molar-refractivity contribution in [1.29, 1.82) is 0 Å². The smallest absolute Gasteiger partial charge is 0.358 e. The van der Waals surface area contributed by atoms with Crippen molar-refractivity contribution >= 4 is 27.7 Å². The number of fused-ring (bicyclic) bond motifs is 3. The fourth-order valence-corrected chi connectivity index (χ4v) is 5.19. The highest BCUT2D eigenvalue weighted by molar-refractivity contribution is 6.09. The monoisotopic (exact) mass is 491 g/mol. The van der Waals surface area contributed by atoms with Crippen molar-refractivity contribution in [1.82, 2.24) is 14.9 Å². The normalized spacial score (nSPS) is 12.4. The van der Waals surface area contributed by atoms with Crippen molar-refractivity contribution in [2.24, 2.45) is 0 Å². The molecule has 0 aliphatic rings. The van der Waals surface area contributed by atoms with Crippen LogP contribution in [0.5, 0.6) is 0 Å². The van der Waals surface area contributed by atoms with Gasteiger partial charge in [-0.15, -0.1) is 0 Å². The summed E-state index contributed by atoms with van der Waals surface area (Å²) in [6, 6.07) is 4.27. The summed E-state index contributed by atoms with van der Waals surface area (Å²) in [5.41, 5.74) is 0.882. The largest absolute Gasteiger partial charge is 0.417 e. The topological polar surface area (TPSA) is 69.0 Å². The fourth-order valence-electron chi connectivity index (χ4n) is 5.19. The second kappa shape index (κ2) is 10.9. The molecule has 3 rings (SSSR count). The van der Waals surface area contributed by atoms with Crippen LogP contribution < -0.4 is 5.56 Å². The number of aromatic nitrogens is 2. The number of hydrogen-bond acceptors (Lipinski definition) is 2. The third kappa shape index (κ3) is 6.08. The molecular formula is C27H36F3N3O2. The minimum absolute atomic E-state index is 0.0484. The molecule has 2 N–H and O–H groups in total. The van der Waals surface area contributed by atoms with E-state index < -0.39 is 17.3 Å². The van der Waals surface area contributed by atoms with E-state index in [1.54, 1.807) is 6.07 Å². The number of nitrogens with one attached hydrogen (secondary N) is 2. The van der Waals surface area contributed by atoms with Gasteiger partial charge in [-0.1, -0.05) is 19.3 Å². The molecule has 0 aliphatic carbocycles. The number of benzene rings is 1. The molecule has 0 radical (unpaired) electrons. The lowest BCUT2D eigenvalue weighted by molar-refractivity contribution is -0.136. The number of aromatic amines is 2. The minimum atomic E-state index is -4.62. The summed E-state index contributed by atoms with van der Waals surface area (Å²) < 4.78 is 41.4. The zero-order chi connectivity index (χ0) is 25.9. The lowest BCUT2D eigenvalue weighted by Gasteiger charge is -2.30. The maximum Gasteiger partial charge on any atom is 0.417 e. The lowest BCUT2D eigenvalue weighted by Crippen LogP contribution is -2.41. The van der Waals surface area contributed by atoms with Crippen LogP contribution in [0.1, 0.15) is 83.0 Å². The summed E-state index contributed by atoms with van der Waals surface area (Å²) in [4.78, 5) is 32.0. The van der Waals surface area contributed by atoms with E-state index in [1.807, 2.05) is 39.5 Å². The van der Waals surface area contributed by atoms with Gasteiger partial charge in [-0.2, -0.15) is 13.2 Å². The van der Waals surface area contributed by atoms with Crippen LogP contribution in [0.4, 0.5) is 13.2 Å². The zero-order valence-electron chi connectivity index (χ0n) is 21.2. The van der Waals surface area contributed by atoms with Crippen LogP contribution in [0.25, 0.3) is 21.8 Å². The number of H-pyrrole nitrogens is 2. The number of aryl methyl sites for hydroxylation is 2. The number of nitrogens with zero attached hydrogens (tertiary/aromatic N) is 1. The molecule has 192 valence electrons. The number of unbranched alkanes of at least 4 members (excludes halogenated alkanes) is 4. The van der Waals surface area contributed by atoms with E-state index >= 15 is 0 Å². The lowest BCUT2D eigenvalue weighted by atomic mass is 9.97. The van der Waals surface area contributed by atoms with Crippen molar-refractivity contribution in [3.05, 3.63) is 45.4 Å². The molecule has 0 fully saturated rings. The van der Waals surface area contributed by atoms with Crippen LogP contribution in [0.2, 0.25) is 0 Å². The average molecular weight is 492 g/mol. The van der Waals surface area contributed by atoms with Crippen LogP contribution in [0.15, 0.2) is 23.0 Å². The van der Waals surface area contributed by atoms with E-state index in [4.69, 9.17) is 0 Å². The standard InChI is InChI=1S/C27H36F3N3O2/c1-16(2)33(17(3)4)24(35)12-10-8-6-7-9-11-19-18(5)31-21-13-14-22-26(25(19)21)20(27(28,29)30)15-23(34)32-22/h13-17,31H,6-12H2,1-5H3,(H,32,34). The van der Waals surface area contributed by atoms with Gasteiger partial charge >= 0.3 is 6.18 Å². The number of halogens is 3. The van der Waals surface area contributed by atoms with Gasteiger partial charge in [0.25, 0.3) is 0 Å². The van der Waals surface area contributed by atoms with Crippen molar-refractivity contribution in [3.8, 4) is 0 Å². The summed E-state index contributed by atoms with van der Waals surface area (Å²) in [5.74, 6) is 0.190. The molecule has 2 aromatic heterocycles. The Hall–Kier alpha value is -2.77. The molecule has 0 unspecified atom stereocenters. The summed E-state index contributed by atoms with van der Waals surface area (Å²) in [6.45, 7) is 10.00. The van der Waals surface area contributed by atoms with E-state index in [1.165, 1.54) is 6.07 Å². The Morgan fingerprint density at radius 2 is 1.49 bits per heavy atom. The number of rotatable bonds is 10. The number of carbonyl (C=O) groups is 1. The van der Waals surface area contributed by atoms with E-state index in [-0.39, 0.29) is 28.9 Å². The highest BCUT2D eigenvalue weighted by atomic mass is 19.4.